The number of amides is 1. The number of carbonyl (C=O) groups excluding carboxylic acids is 1. The summed E-state index contributed by atoms with van der Waals surface area (Å²) in [6.07, 6.45) is 0.664. The summed E-state index contributed by atoms with van der Waals surface area (Å²) in [5, 5.41) is 0. The van der Waals surface area contributed by atoms with Crippen LogP contribution in [0.5, 0.6) is 0 Å². The second-order valence-corrected chi connectivity index (χ2v) is 1.74. The topological polar surface area (TPSA) is 77.0 Å². The predicted molar refractivity (Wildman–Crippen MR) is 35.9 cm³/mol. The van der Waals surface area contributed by atoms with Gasteiger partial charge >= 0.3 is 0 Å². The number of methoxy groups -OCH3 is 1. The average Bonchev–Trinajstić information content (AvgIpc) is 1.88. The van der Waals surface area contributed by atoms with E-state index in [1.807, 2.05) is 0 Å². The molecule has 1 rings (SSSR count). The van der Waals surface area contributed by atoms with Crippen molar-refractivity contribution >= 4 is 18.1 Å². The van der Waals surface area contributed by atoms with Crippen molar-refractivity contribution in [1.29, 1.82) is 0 Å². The van der Waals surface area contributed by atoms with E-state index in [-0.39, 0.29) is 5.96 Å². The summed E-state index contributed by atoms with van der Waals surface area (Å²) in [5.74, 6) is -0.423. The van der Waals surface area contributed by atoms with E-state index in [2.05, 4.69) is 9.98 Å². The molecule has 0 aliphatic carbocycles. The standard InChI is InChI=1S/C5H7N3O2/c1-10-3-2-7-5(6)8-4(3)9/h2-3H,1H3,(H2,6,8,9). The number of hydrogen-bond donors (Lipinski definition) is 1. The van der Waals surface area contributed by atoms with Crippen molar-refractivity contribution in [2.45, 2.75) is 6.10 Å². The largest absolute Gasteiger partial charge is 0.368 e. The summed E-state index contributed by atoms with van der Waals surface area (Å²) >= 11 is 0. The number of guanidine groups is 1. The number of rotatable bonds is 1. The number of carbonyl (C=O) groups is 1. The van der Waals surface area contributed by atoms with Crippen molar-refractivity contribution < 1.29 is 9.53 Å². The van der Waals surface area contributed by atoms with Gasteiger partial charge in [-0.2, -0.15) is 4.99 Å². The van der Waals surface area contributed by atoms with Crippen LogP contribution in [0.15, 0.2) is 9.98 Å². The Morgan fingerprint density at radius 1 is 1.80 bits per heavy atom. The molecule has 0 fully saturated rings. The first-order valence-corrected chi connectivity index (χ1v) is 2.69. The highest BCUT2D eigenvalue weighted by Crippen LogP contribution is 1.95. The molecule has 5 heteroatoms. The van der Waals surface area contributed by atoms with Crippen molar-refractivity contribution in [3.8, 4) is 0 Å². The van der Waals surface area contributed by atoms with Gasteiger partial charge < -0.3 is 10.5 Å². The molecule has 10 heavy (non-hydrogen) atoms. The molecule has 0 radical (unpaired) electrons. The molecule has 1 heterocycles. The van der Waals surface area contributed by atoms with Crippen molar-refractivity contribution in [3.05, 3.63) is 0 Å². The molecule has 0 aromatic carbocycles. The van der Waals surface area contributed by atoms with Gasteiger partial charge in [-0.3, -0.25) is 4.79 Å². The summed E-state index contributed by atoms with van der Waals surface area (Å²) in [5.41, 5.74) is 5.12. The van der Waals surface area contributed by atoms with E-state index in [1.54, 1.807) is 0 Å². The van der Waals surface area contributed by atoms with Gasteiger partial charge in [-0.25, -0.2) is 4.99 Å². The van der Waals surface area contributed by atoms with Gasteiger partial charge in [-0.1, -0.05) is 0 Å². The lowest BCUT2D eigenvalue weighted by atomic mass is 10.3. The van der Waals surface area contributed by atoms with Crippen LogP contribution in [0.1, 0.15) is 0 Å². The summed E-state index contributed by atoms with van der Waals surface area (Å²) < 4.78 is 4.69. The first-order chi connectivity index (χ1) is 4.74. The van der Waals surface area contributed by atoms with Crippen LogP contribution in [0, 0.1) is 0 Å². The zero-order valence-electron chi connectivity index (χ0n) is 5.44. The maximum Gasteiger partial charge on any atom is 0.283 e. The number of aliphatic imine (C=N–C) groups is 2. The van der Waals surface area contributed by atoms with E-state index >= 15 is 0 Å². The van der Waals surface area contributed by atoms with Gasteiger partial charge in [0.05, 0.1) is 0 Å². The molecule has 5 nitrogen and oxygen atoms in total. The zero-order valence-corrected chi connectivity index (χ0v) is 5.44. The molecule has 1 aliphatic rings. The molecule has 1 aliphatic heterocycles. The van der Waals surface area contributed by atoms with Crippen molar-refractivity contribution in [2.75, 3.05) is 7.11 Å². The van der Waals surface area contributed by atoms with Crippen LogP contribution in [0.4, 0.5) is 0 Å². The molecule has 1 amide bonds. The first-order valence-electron chi connectivity index (χ1n) is 2.69. The molecule has 0 saturated heterocycles. The Morgan fingerprint density at radius 3 is 3.00 bits per heavy atom. The van der Waals surface area contributed by atoms with Crippen molar-refractivity contribution in [2.24, 2.45) is 15.7 Å². The minimum atomic E-state index is -0.660. The van der Waals surface area contributed by atoms with Crippen LogP contribution < -0.4 is 5.73 Å². The lowest BCUT2D eigenvalue weighted by Gasteiger charge is -2.08. The fourth-order valence-corrected chi connectivity index (χ4v) is 0.575. The Hall–Kier alpha value is -1.23. The molecule has 0 aromatic heterocycles. The number of nitrogens with two attached hydrogens (primary N) is 1. The van der Waals surface area contributed by atoms with Crippen molar-refractivity contribution in [3.63, 3.8) is 0 Å². The predicted octanol–water partition coefficient (Wildman–Crippen LogP) is -1.07. The van der Waals surface area contributed by atoms with Crippen LogP contribution in [-0.4, -0.2) is 31.3 Å². The number of nitrogens with zero attached hydrogens (tertiary/aromatic N) is 2. The van der Waals surface area contributed by atoms with E-state index in [0.717, 1.165) is 0 Å². The molecule has 0 spiro atoms. The Kier molecular flexibility index (Phi) is 1.77. The van der Waals surface area contributed by atoms with E-state index in [4.69, 9.17) is 10.5 Å². The van der Waals surface area contributed by atoms with Crippen molar-refractivity contribution in [1.82, 2.24) is 0 Å². The SMILES string of the molecule is COC1C=NC(N)=NC1=O. The van der Waals surface area contributed by atoms with Gasteiger partial charge in [-0.15, -0.1) is 0 Å². The lowest BCUT2D eigenvalue weighted by molar-refractivity contribution is -0.123. The Balaban J connectivity index is 2.74. The van der Waals surface area contributed by atoms with E-state index in [9.17, 15) is 4.79 Å². The highest BCUT2D eigenvalue weighted by Gasteiger charge is 2.17. The van der Waals surface area contributed by atoms with Crippen LogP contribution in [0.25, 0.3) is 0 Å². The van der Waals surface area contributed by atoms with Crippen LogP contribution >= 0.6 is 0 Å². The summed E-state index contributed by atoms with van der Waals surface area (Å²) in [6, 6.07) is 0. The van der Waals surface area contributed by atoms with Gasteiger partial charge in [0, 0.05) is 13.3 Å². The molecule has 1 atom stereocenters. The summed E-state index contributed by atoms with van der Waals surface area (Å²) in [6.45, 7) is 0. The second-order valence-electron chi connectivity index (χ2n) is 1.74. The average molecular weight is 141 g/mol. The van der Waals surface area contributed by atoms with E-state index in [1.165, 1.54) is 13.3 Å². The third-order valence-electron chi connectivity index (χ3n) is 1.06. The molecule has 0 saturated carbocycles. The van der Waals surface area contributed by atoms with Crippen LogP contribution in [-0.2, 0) is 9.53 Å². The molecular weight excluding hydrogens is 134 g/mol. The van der Waals surface area contributed by atoms with Crippen LogP contribution in [0.2, 0.25) is 0 Å². The highest BCUT2D eigenvalue weighted by molar-refractivity contribution is 6.09. The zero-order chi connectivity index (χ0) is 7.56. The van der Waals surface area contributed by atoms with Gasteiger partial charge in [-0.05, 0) is 0 Å². The van der Waals surface area contributed by atoms with E-state index in [0.29, 0.717) is 0 Å². The molecule has 0 aromatic rings. The second kappa shape index (κ2) is 2.57. The Labute approximate surface area is 57.6 Å². The summed E-state index contributed by atoms with van der Waals surface area (Å²) in [7, 11) is 1.41. The molecule has 2 N–H and O–H groups in total. The molecule has 1 unspecified atom stereocenters. The fourth-order valence-electron chi connectivity index (χ4n) is 0.575. The lowest BCUT2D eigenvalue weighted by Crippen LogP contribution is -2.30. The van der Waals surface area contributed by atoms with E-state index < -0.39 is 12.0 Å². The summed E-state index contributed by atoms with van der Waals surface area (Å²) in [4.78, 5) is 17.7. The molecular formula is C5H7N3O2. The quantitative estimate of drug-likeness (QED) is 0.505. The van der Waals surface area contributed by atoms with Gasteiger partial charge in [0.15, 0.2) is 6.10 Å². The number of hydrogen-bond acceptors (Lipinski definition) is 4. The Morgan fingerprint density at radius 2 is 2.50 bits per heavy atom. The molecule has 0 bridgehead atoms. The minimum absolute atomic E-state index is 0.0155. The fraction of sp³-hybridized carbons (Fsp3) is 0.400. The Bertz CT molecular complexity index is 209. The third kappa shape index (κ3) is 1.19. The normalized spacial score (nSPS) is 24.7. The minimum Gasteiger partial charge on any atom is -0.368 e. The maximum absolute atomic E-state index is 10.8. The molecule has 54 valence electrons. The van der Waals surface area contributed by atoms with Crippen LogP contribution in [0.3, 0.4) is 0 Å². The van der Waals surface area contributed by atoms with Gasteiger partial charge in [0.2, 0.25) is 5.96 Å². The monoisotopic (exact) mass is 141 g/mol. The van der Waals surface area contributed by atoms with Gasteiger partial charge in [0.25, 0.3) is 5.91 Å². The third-order valence-corrected chi connectivity index (χ3v) is 1.06. The first kappa shape index (κ1) is 6.88. The maximum atomic E-state index is 10.8. The highest BCUT2D eigenvalue weighted by atomic mass is 16.5. The number of ether oxygens (including phenoxy) is 1. The smallest absolute Gasteiger partial charge is 0.283 e. The van der Waals surface area contributed by atoms with Gasteiger partial charge in [0.1, 0.15) is 0 Å².